The lowest BCUT2D eigenvalue weighted by Gasteiger charge is -2.04. The molecule has 0 saturated heterocycles. The van der Waals surface area contributed by atoms with Gasteiger partial charge in [-0.25, -0.2) is 0 Å². The molecule has 1 heterocycles. The van der Waals surface area contributed by atoms with E-state index in [1.807, 2.05) is 6.07 Å². The van der Waals surface area contributed by atoms with Crippen molar-refractivity contribution in [1.82, 2.24) is 9.78 Å². The molecule has 0 saturated carbocycles. The van der Waals surface area contributed by atoms with Crippen LogP contribution in [0.15, 0.2) is 17.8 Å². The first kappa shape index (κ1) is 12.0. The maximum Gasteiger partial charge on any atom is 0.327 e. The number of ether oxygens (including phenoxy) is 1. The number of nitrogens with zero attached hydrogens (tertiary/aromatic N) is 3. The Labute approximate surface area is 93.9 Å². The van der Waals surface area contributed by atoms with Crippen LogP contribution in [0.5, 0.6) is 0 Å². The molecule has 5 heteroatoms. The van der Waals surface area contributed by atoms with Crippen molar-refractivity contribution >= 4 is 12.0 Å². The SMILES string of the molecule is CCOC(=O)Cn1nccc1/C=C(\C)C#N. The van der Waals surface area contributed by atoms with Crippen molar-refractivity contribution in [2.24, 2.45) is 0 Å². The Kier molecular flexibility index (Phi) is 4.28. The standard InChI is InChI=1S/C11H13N3O2/c1-3-16-11(15)8-14-10(4-5-13-14)6-9(2)7-12/h4-6H,3,8H2,1-2H3/b9-6+. The second-order valence-corrected chi connectivity index (χ2v) is 3.16. The van der Waals surface area contributed by atoms with Crippen LogP contribution in [0.1, 0.15) is 19.5 Å². The van der Waals surface area contributed by atoms with Crippen molar-refractivity contribution in [2.75, 3.05) is 6.61 Å². The first-order valence-corrected chi connectivity index (χ1v) is 4.93. The Morgan fingerprint density at radius 3 is 3.12 bits per heavy atom. The van der Waals surface area contributed by atoms with Crippen LogP contribution in [-0.4, -0.2) is 22.4 Å². The first-order valence-electron chi connectivity index (χ1n) is 4.93. The number of nitriles is 1. The molecule has 84 valence electrons. The van der Waals surface area contributed by atoms with Crippen LogP contribution in [-0.2, 0) is 16.1 Å². The minimum Gasteiger partial charge on any atom is -0.465 e. The molecule has 0 N–H and O–H groups in total. The molecule has 1 aromatic heterocycles. The van der Waals surface area contributed by atoms with E-state index >= 15 is 0 Å². The summed E-state index contributed by atoms with van der Waals surface area (Å²) in [5.74, 6) is -0.338. The number of rotatable bonds is 4. The highest BCUT2D eigenvalue weighted by Gasteiger charge is 2.06. The van der Waals surface area contributed by atoms with Crippen molar-refractivity contribution in [3.05, 3.63) is 23.5 Å². The Balaban J connectivity index is 2.80. The van der Waals surface area contributed by atoms with E-state index in [4.69, 9.17) is 10.00 Å². The molecule has 0 aliphatic rings. The number of carbonyl (C=O) groups is 1. The first-order chi connectivity index (χ1) is 7.67. The quantitative estimate of drug-likeness (QED) is 0.566. The van der Waals surface area contributed by atoms with Crippen LogP contribution in [0.3, 0.4) is 0 Å². The van der Waals surface area contributed by atoms with Crippen LogP contribution >= 0.6 is 0 Å². The molecular weight excluding hydrogens is 206 g/mol. The molecule has 0 amide bonds. The van der Waals surface area contributed by atoms with Crippen LogP contribution in [0.4, 0.5) is 0 Å². The lowest BCUT2D eigenvalue weighted by Crippen LogP contribution is -2.15. The molecule has 5 nitrogen and oxygen atoms in total. The normalized spacial score (nSPS) is 10.9. The molecule has 0 bridgehead atoms. The van der Waals surface area contributed by atoms with E-state index in [-0.39, 0.29) is 12.5 Å². The summed E-state index contributed by atoms with van der Waals surface area (Å²) in [5, 5.41) is 12.6. The zero-order valence-electron chi connectivity index (χ0n) is 9.30. The summed E-state index contributed by atoms with van der Waals surface area (Å²) in [4.78, 5) is 11.2. The molecule has 0 aliphatic heterocycles. The molecular formula is C11H13N3O2. The van der Waals surface area contributed by atoms with Gasteiger partial charge in [-0.1, -0.05) is 0 Å². The van der Waals surface area contributed by atoms with Crippen molar-refractivity contribution in [1.29, 1.82) is 5.26 Å². The third-order valence-corrected chi connectivity index (χ3v) is 1.87. The van der Waals surface area contributed by atoms with Gasteiger partial charge in [0, 0.05) is 11.8 Å². The van der Waals surface area contributed by atoms with Gasteiger partial charge in [-0.2, -0.15) is 10.4 Å². The van der Waals surface area contributed by atoms with Gasteiger partial charge in [0.05, 0.1) is 18.4 Å². The Morgan fingerprint density at radius 2 is 2.50 bits per heavy atom. The monoisotopic (exact) mass is 219 g/mol. The summed E-state index contributed by atoms with van der Waals surface area (Å²) < 4.78 is 6.31. The van der Waals surface area contributed by atoms with E-state index in [1.54, 1.807) is 32.2 Å². The summed E-state index contributed by atoms with van der Waals surface area (Å²) in [6.07, 6.45) is 3.25. The Hall–Kier alpha value is -2.09. The smallest absolute Gasteiger partial charge is 0.327 e. The molecule has 1 rings (SSSR count). The van der Waals surface area contributed by atoms with Gasteiger partial charge in [0.25, 0.3) is 0 Å². The summed E-state index contributed by atoms with van der Waals surface area (Å²) in [5.41, 5.74) is 1.28. The van der Waals surface area contributed by atoms with Crippen molar-refractivity contribution in [2.45, 2.75) is 20.4 Å². The molecule has 0 spiro atoms. The average molecular weight is 219 g/mol. The van der Waals surface area contributed by atoms with Gasteiger partial charge in [-0.3, -0.25) is 9.48 Å². The number of allylic oxidation sites excluding steroid dienone is 1. The van der Waals surface area contributed by atoms with E-state index in [1.165, 1.54) is 4.68 Å². The Bertz CT molecular complexity index is 440. The molecule has 16 heavy (non-hydrogen) atoms. The zero-order chi connectivity index (χ0) is 12.0. The fourth-order valence-corrected chi connectivity index (χ4v) is 1.18. The lowest BCUT2D eigenvalue weighted by molar-refractivity contribution is -0.144. The number of hydrogen-bond donors (Lipinski definition) is 0. The minimum absolute atomic E-state index is 0.0609. The van der Waals surface area contributed by atoms with Crippen LogP contribution in [0.25, 0.3) is 6.08 Å². The van der Waals surface area contributed by atoms with Gasteiger partial charge in [0.15, 0.2) is 0 Å². The van der Waals surface area contributed by atoms with Crippen molar-refractivity contribution < 1.29 is 9.53 Å². The maximum atomic E-state index is 11.2. The number of carbonyl (C=O) groups excluding carboxylic acids is 1. The van der Waals surface area contributed by atoms with E-state index in [9.17, 15) is 4.79 Å². The highest BCUT2D eigenvalue weighted by molar-refractivity contribution is 5.69. The second-order valence-electron chi connectivity index (χ2n) is 3.16. The number of hydrogen-bond acceptors (Lipinski definition) is 4. The molecule has 0 unspecified atom stereocenters. The largest absolute Gasteiger partial charge is 0.465 e. The fourth-order valence-electron chi connectivity index (χ4n) is 1.18. The van der Waals surface area contributed by atoms with Crippen LogP contribution in [0.2, 0.25) is 0 Å². The van der Waals surface area contributed by atoms with Gasteiger partial charge >= 0.3 is 5.97 Å². The van der Waals surface area contributed by atoms with E-state index in [0.717, 1.165) is 0 Å². The zero-order valence-corrected chi connectivity index (χ0v) is 9.30. The Morgan fingerprint density at radius 1 is 1.75 bits per heavy atom. The van der Waals surface area contributed by atoms with E-state index < -0.39 is 0 Å². The van der Waals surface area contributed by atoms with Gasteiger partial charge in [0.1, 0.15) is 6.54 Å². The molecule has 0 fully saturated rings. The van der Waals surface area contributed by atoms with Gasteiger partial charge < -0.3 is 4.74 Å². The fraction of sp³-hybridized carbons (Fsp3) is 0.364. The summed E-state index contributed by atoms with van der Waals surface area (Å²) >= 11 is 0. The molecule has 0 atom stereocenters. The average Bonchev–Trinajstić information content (AvgIpc) is 2.66. The highest BCUT2D eigenvalue weighted by atomic mass is 16.5. The van der Waals surface area contributed by atoms with Gasteiger partial charge in [0.2, 0.25) is 0 Å². The molecule has 1 aromatic rings. The summed E-state index contributed by atoms with van der Waals surface area (Å²) in [6.45, 7) is 3.86. The lowest BCUT2D eigenvalue weighted by atomic mass is 10.2. The van der Waals surface area contributed by atoms with Crippen molar-refractivity contribution in [3.63, 3.8) is 0 Å². The maximum absolute atomic E-state index is 11.2. The van der Waals surface area contributed by atoms with Crippen molar-refractivity contribution in [3.8, 4) is 6.07 Å². The number of aromatic nitrogens is 2. The predicted octanol–water partition coefficient (Wildman–Crippen LogP) is 1.37. The second kappa shape index (κ2) is 5.71. The van der Waals surface area contributed by atoms with Gasteiger partial charge in [-0.15, -0.1) is 0 Å². The van der Waals surface area contributed by atoms with Crippen LogP contribution < -0.4 is 0 Å². The topological polar surface area (TPSA) is 67.9 Å². The summed E-state index contributed by atoms with van der Waals surface area (Å²) in [6, 6.07) is 3.75. The molecule has 0 aromatic carbocycles. The number of esters is 1. The third-order valence-electron chi connectivity index (χ3n) is 1.87. The highest BCUT2D eigenvalue weighted by Crippen LogP contribution is 2.05. The van der Waals surface area contributed by atoms with E-state index in [2.05, 4.69) is 5.10 Å². The molecule has 0 radical (unpaired) electrons. The summed E-state index contributed by atoms with van der Waals surface area (Å²) in [7, 11) is 0. The van der Waals surface area contributed by atoms with E-state index in [0.29, 0.717) is 17.9 Å². The molecule has 0 aliphatic carbocycles. The van der Waals surface area contributed by atoms with Gasteiger partial charge in [-0.05, 0) is 26.0 Å². The third kappa shape index (κ3) is 3.24. The minimum atomic E-state index is -0.338. The predicted molar refractivity (Wildman–Crippen MR) is 58.1 cm³/mol. The van der Waals surface area contributed by atoms with Crippen LogP contribution in [0, 0.1) is 11.3 Å².